The van der Waals surface area contributed by atoms with Crippen LogP contribution in [0.2, 0.25) is 0 Å². The Morgan fingerprint density at radius 2 is 1.78 bits per heavy atom. The van der Waals surface area contributed by atoms with Crippen molar-refractivity contribution in [3.8, 4) is 11.4 Å². The summed E-state index contributed by atoms with van der Waals surface area (Å²) >= 11 is 0. The Balaban J connectivity index is 1.37. The van der Waals surface area contributed by atoms with Crippen LogP contribution in [0.15, 0.2) is 66.3 Å². The van der Waals surface area contributed by atoms with Gasteiger partial charge in [0.2, 0.25) is 5.82 Å². The summed E-state index contributed by atoms with van der Waals surface area (Å²) in [7, 11) is 0. The van der Waals surface area contributed by atoms with E-state index in [0.29, 0.717) is 11.4 Å². The number of aromatic nitrogens is 4. The highest BCUT2D eigenvalue weighted by Gasteiger charge is 2.46. The van der Waals surface area contributed by atoms with Gasteiger partial charge in [0.15, 0.2) is 0 Å². The number of hydrogen-bond acceptors (Lipinski definition) is 6. The van der Waals surface area contributed by atoms with E-state index in [-0.39, 0.29) is 10.8 Å². The Morgan fingerprint density at radius 1 is 1.02 bits per heavy atom. The third-order valence-electron chi connectivity index (χ3n) is 8.79. The minimum Gasteiger partial charge on any atom is -0.478 e. The SMILES string of the molecule is CCCN(CC)CCn1nnc(-c2ccccc2N2CC=C3C(C)(C)C(c4ccc(C(=O)O)cc4)=CC[C@]3(C)C2)n1. The van der Waals surface area contributed by atoms with Gasteiger partial charge in [-0.15, -0.1) is 10.2 Å². The molecule has 2 aromatic carbocycles. The highest BCUT2D eigenvalue weighted by atomic mass is 16.4. The highest BCUT2D eigenvalue weighted by Crippen LogP contribution is 2.55. The van der Waals surface area contributed by atoms with Gasteiger partial charge in [-0.3, -0.25) is 0 Å². The predicted molar refractivity (Wildman–Crippen MR) is 164 cm³/mol. The second-order valence-electron chi connectivity index (χ2n) is 12.0. The number of rotatable bonds is 10. The molecular weight excluding hydrogens is 512 g/mol. The van der Waals surface area contributed by atoms with Crippen molar-refractivity contribution in [2.45, 2.75) is 54.0 Å². The average molecular weight is 555 g/mol. The van der Waals surface area contributed by atoms with Gasteiger partial charge in [0.1, 0.15) is 0 Å². The molecule has 1 aliphatic heterocycles. The number of allylic oxidation sites excluding steroid dienone is 2. The fourth-order valence-electron chi connectivity index (χ4n) is 6.74. The molecule has 1 aromatic heterocycles. The second kappa shape index (κ2) is 11.6. The van der Waals surface area contributed by atoms with Gasteiger partial charge in [-0.25, -0.2) is 4.79 Å². The lowest BCUT2D eigenvalue weighted by molar-refractivity contribution is 0.0697. The molecule has 0 bridgehead atoms. The fraction of sp³-hybridized carbons (Fsp3) is 0.455. The van der Waals surface area contributed by atoms with Crippen molar-refractivity contribution in [2.75, 3.05) is 37.6 Å². The van der Waals surface area contributed by atoms with Crippen LogP contribution in [0.25, 0.3) is 17.0 Å². The van der Waals surface area contributed by atoms with E-state index >= 15 is 0 Å². The van der Waals surface area contributed by atoms with Gasteiger partial charge in [0, 0.05) is 41.7 Å². The lowest BCUT2D eigenvalue weighted by atomic mass is 9.58. The zero-order valence-corrected chi connectivity index (χ0v) is 25.0. The third-order valence-corrected chi connectivity index (χ3v) is 8.79. The Kier molecular flexibility index (Phi) is 8.13. The van der Waals surface area contributed by atoms with Crippen LogP contribution in [0.5, 0.6) is 0 Å². The molecule has 1 N–H and O–H groups in total. The zero-order valence-electron chi connectivity index (χ0n) is 25.0. The Labute approximate surface area is 243 Å². The van der Waals surface area contributed by atoms with Crippen LogP contribution in [-0.2, 0) is 6.54 Å². The summed E-state index contributed by atoms with van der Waals surface area (Å²) in [6, 6.07) is 15.7. The van der Waals surface area contributed by atoms with E-state index in [0.717, 1.165) is 68.9 Å². The van der Waals surface area contributed by atoms with E-state index in [4.69, 9.17) is 5.10 Å². The lowest BCUT2D eigenvalue weighted by Crippen LogP contribution is -2.47. The minimum atomic E-state index is -0.899. The van der Waals surface area contributed by atoms with Gasteiger partial charge in [-0.05, 0) is 66.5 Å². The molecule has 1 aliphatic carbocycles. The zero-order chi connectivity index (χ0) is 29.2. The largest absolute Gasteiger partial charge is 0.478 e. The first-order chi connectivity index (χ1) is 19.7. The Hall–Kier alpha value is -3.78. The molecule has 0 radical (unpaired) electrons. The van der Waals surface area contributed by atoms with Crippen LogP contribution in [0.3, 0.4) is 0 Å². The molecule has 0 spiro atoms. The number of benzene rings is 2. The normalized spacial score (nSPS) is 20.0. The molecule has 216 valence electrons. The van der Waals surface area contributed by atoms with Crippen molar-refractivity contribution in [3.05, 3.63) is 77.4 Å². The maximum Gasteiger partial charge on any atom is 0.335 e. The number of carboxylic acids is 1. The average Bonchev–Trinajstić information content (AvgIpc) is 3.44. The maximum absolute atomic E-state index is 11.4. The maximum atomic E-state index is 11.4. The van der Waals surface area contributed by atoms with Gasteiger partial charge in [-0.1, -0.05) is 76.6 Å². The number of nitrogens with zero attached hydrogens (tertiary/aromatic N) is 6. The summed E-state index contributed by atoms with van der Waals surface area (Å²) in [5.41, 5.74) is 6.02. The van der Waals surface area contributed by atoms with Crippen molar-refractivity contribution in [1.82, 2.24) is 25.1 Å². The smallest absolute Gasteiger partial charge is 0.335 e. The molecule has 0 fully saturated rings. The molecule has 2 heterocycles. The summed E-state index contributed by atoms with van der Waals surface area (Å²) in [5.74, 6) is -0.237. The van der Waals surface area contributed by atoms with Gasteiger partial charge in [0.05, 0.1) is 12.1 Å². The molecule has 8 heteroatoms. The van der Waals surface area contributed by atoms with E-state index < -0.39 is 5.97 Å². The molecule has 0 amide bonds. The number of hydrogen-bond donors (Lipinski definition) is 1. The van der Waals surface area contributed by atoms with Crippen LogP contribution in [0.1, 0.15) is 63.4 Å². The molecule has 1 atom stereocenters. The summed E-state index contributed by atoms with van der Waals surface area (Å²) < 4.78 is 0. The van der Waals surface area contributed by atoms with Crippen LogP contribution in [0, 0.1) is 10.8 Å². The number of tetrazole rings is 1. The molecule has 0 saturated carbocycles. The second-order valence-corrected chi connectivity index (χ2v) is 12.0. The number of likely N-dealkylation sites (N-methyl/N-ethyl adjacent to an activating group) is 1. The molecule has 41 heavy (non-hydrogen) atoms. The van der Waals surface area contributed by atoms with E-state index in [9.17, 15) is 9.90 Å². The molecule has 0 unspecified atom stereocenters. The first-order valence-electron chi connectivity index (χ1n) is 14.8. The van der Waals surface area contributed by atoms with Crippen molar-refractivity contribution in [2.24, 2.45) is 10.8 Å². The van der Waals surface area contributed by atoms with Crippen molar-refractivity contribution < 1.29 is 9.90 Å². The Morgan fingerprint density at radius 3 is 2.49 bits per heavy atom. The van der Waals surface area contributed by atoms with E-state index in [1.54, 1.807) is 16.9 Å². The topological polar surface area (TPSA) is 87.4 Å². The monoisotopic (exact) mass is 554 g/mol. The molecule has 8 nitrogen and oxygen atoms in total. The van der Waals surface area contributed by atoms with E-state index in [1.165, 1.54) is 11.1 Å². The van der Waals surface area contributed by atoms with Gasteiger partial charge < -0.3 is 14.9 Å². The first kappa shape index (κ1) is 28.7. The van der Waals surface area contributed by atoms with Crippen LogP contribution >= 0.6 is 0 Å². The fourth-order valence-corrected chi connectivity index (χ4v) is 6.74. The summed E-state index contributed by atoms with van der Waals surface area (Å²) in [6.07, 6.45) is 6.80. The van der Waals surface area contributed by atoms with Gasteiger partial charge in [-0.2, -0.15) is 4.80 Å². The van der Waals surface area contributed by atoms with Gasteiger partial charge in [0.25, 0.3) is 0 Å². The first-order valence-corrected chi connectivity index (χ1v) is 14.8. The molecule has 3 aromatic rings. The van der Waals surface area contributed by atoms with E-state index in [1.807, 2.05) is 18.2 Å². The number of fused-ring (bicyclic) bond motifs is 1. The number of anilines is 1. The molecule has 0 saturated heterocycles. The number of carboxylic acid groups (broad SMARTS) is 1. The van der Waals surface area contributed by atoms with Crippen LogP contribution < -0.4 is 4.90 Å². The summed E-state index contributed by atoms with van der Waals surface area (Å²) in [4.78, 5) is 17.9. The lowest BCUT2D eigenvalue weighted by Gasteiger charge is -2.51. The quantitative estimate of drug-likeness (QED) is 0.306. The van der Waals surface area contributed by atoms with Crippen LogP contribution in [0.4, 0.5) is 5.69 Å². The number of carbonyl (C=O) groups is 1. The molecular formula is C33H42N6O2. The molecule has 2 aliphatic rings. The highest BCUT2D eigenvalue weighted by molar-refractivity contribution is 5.88. The third kappa shape index (κ3) is 5.71. The Bertz CT molecular complexity index is 1450. The van der Waals surface area contributed by atoms with Crippen molar-refractivity contribution >= 4 is 17.2 Å². The van der Waals surface area contributed by atoms with Crippen molar-refractivity contribution in [1.29, 1.82) is 0 Å². The summed E-state index contributed by atoms with van der Waals surface area (Å²) in [5, 5.41) is 22.9. The standard InChI is InChI=1S/C33H42N6O2/c1-6-19-37(7-2)21-22-39-35-30(34-36-39)26-10-8-9-11-28(26)38-20-17-29-32(3,4)27(16-18-33(29,5)23-38)24-12-14-25(15-13-24)31(40)41/h8-17H,6-7,18-23H2,1-5H3,(H,40,41)/t33-/m1/s1. The van der Waals surface area contributed by atoms with Gasteiger partial charge >= 0.3 is 5.97 Å². The molecule has 5 rings (SSSR count). The minimum absolute atomic E-state index is 0.0344. The van der Waals surface area contributed by atoms with Crippen LogP contribution in [-0.4, -0.2) is 68.9 Å². The number of aromatic carboxylic acids is 1. The van der Waals surface area contributed by atoms with E-state index in [2.05, 4.69) is 85.1 Å². The van der Waals surface area contributed by atoms with Crippen molar-refractivity contribution in [3.63, 3.8) is 0 Å². The summed E-state index contributed by atoms with van der Waals surface area (Å²) in [6.45, 7) is 16.8. The number of para-hydroxylation sites is 1. The predicted octanol–water partition coefficient (Wildman–Crippen LogP) is 6.04.